The lowest BCUT2D eigenvalue weighted by atomic mass is 9.56. The minimum Gasteiger partial charge on any atom is -0.0921 e. The maximum absolute atomic E-state index is 2.57. The smallest absolute Gasteiger partial charge is 0.00654 e. The first-order valence-electron chi connectivity index (χ1n) is 12.9. The van der Waals surface area contributed by atoms with Gasteiger partial charge in [0.25, 0.3) is 0 Å². The lowest BCUT2D eigenvalue weighted by Crippen LogP contribution is -2.54. The van der Waals surface area contributed by atoms with E-state index in [0.717, 1.165) is 52.2 Å². The summed E-state index contributed by atoms with van der Waals surface area (Å²) in [4.78, 5) is 0. The Bertz CT molecular complexity index is 672. The van der Waals surface area contributed by atoms with E-state index in [2.05, 4.69) is 44.2 Å². The third kappa shape index (κ3) is 3.45. The van der Waals surface area contributed by atoms with E-state index in [1.165, 1.54) is 12.6 Å². The van der Waals surface area contributed by atoms with Crippen molar-refractivity contribution in [2.75, 3.05) is 0 Å². The van der Waals surface area contributed by atoms with Crippen molar-refractivity contribution in [3.63, 3.8) is 0 Å². The Labute approximate surface area is 180 Å². The third-order valence-electron chi connectivity index (χ3n) is 9.96. The largest absolute Gasteiger partial charge is 0.0921 e. The summed E-state index contributed by atoms with van der Waals surface area (Å²) in [6.07, 6.45) is 17.3. The second kappa shape index (κ2) is 7.36. The number of benzene rings is 1. The number of hydrogen-bond acceptors (Lipinski definition) is 0. The first kappa shape index (κ1) is 19.3. The maximum atomic E-state index is 2.57. The summed E-state index contributed by atoms with van der Waals surface area (Å²) in [5, 5.41) is 0.771. The molecule has 5 unspecified atom stereocenters. The summed E-state index contributed by atoms with van der Waals surface area (Å²) < 4.78 is 0. The Balaban J connectivity index is 1.35. The van der Waals surface area contributed by atoms with Crippen LogP contribution in [0.25, 0.3) is 0 Å². The first-order valence-corrected chi connectivity index (χ1v) is 14.5. The van der Waals surface area contributed by atoms with Gasteiger partial charge in [0.1, 0.15) is 0 Å². The van der Waals surface area contributed by atoms with E-state index in [4.69, 9.17) is 0 Å². The van der Waals surface area contributed by atoms with Gasteiger partial charge in [-0.1, -0.05) is 52.1 Å². The molecule has 0 N–H and O–H groups in total. The molecule has 0 saturated heterocycles. The average Bonchev–Trinajstić information content (AvgIpc) is 2.64. The van der Waals surface area contributed by atoms with E-state index >= 15 is 0 Å². The van der Waals surface area contributed by atoms with Crippen LogP contribution in [-0.2, 0) is 6.16 Å². The van der Waals surface area contributed by atoms with Crippen molar-refractivity contribution < 1.29 is 0 Å². The molecule has 0 radical (unpaired) electrons. The molecule has 0 aromatic heterocycles. The Kier molecular flexibility index (Phi) is 4.91. The van der Waals surface area contributed by atoms with Crippen molar-refractivity contribution in [2.24, 2.45) is 41.4 Å². The van der Waals surface area contributed by atoms with E-state index in [-0.39, 0.29) is 7.92 Å². The summed E-state index contributed by atoms with van der Waals surface area (Å²) in [6, 6.07) is 11.7. The van der Waals surface area contributed by atoms with Crippen LogP contribution in [0.2, 0.25) is 0 Å². The van der Waals surface area contributed by atoms with Crippen molar-refractivity contribution in [1.82, 2.24) is 0 Å². The monoisotopic (exact) mass is 408 g/mol. The Morgan fingerprint density at radius 1 is 0.724 bits per heavy atom. The second-order valence-corrected chi connectivity index (χ2v) is 15.2. The Hall–Kier alpha value is -0.350. The Morgan fingerprint density at radius 2 is 1.28 bits per heavy atom. The van der Waals surface area contributed by atoms with Gasteiger partial charge in [-0.3, -0.25) is 0 Å². The number of fused-ring (bicyclic) bond motifs is 4. The molecule has 1 aromatic carbocycles. The van der Waals surface area contributed by atoms with E-state index in [0.29, 0.717) is 0 Å². The van der Waals surface area contributed by atoms with Crippen molar-refractivity contribution in [2.45, 2.75) is 95.0 Å². The predicted molar refractivity (Wildman–Crippen MR) is 126 cm³/mol. The molecule has 0 amide bonds. The van der Waals surface area contributed by atoms with Gasteiger partial charge in [0.05, 0.1) is 0 Å². The molecule has 0 aliphatic heterocycles. The summed E-state index contributed by atoms with van der Waals surface area (Å²) >= 11 is 0. The summed E-state index contributed by atoms with van der Waals surface area (Å²) in [5.41, 5.74) is 2.77. The van der Waals surface area contributed by atoms with Gasteiger partial charge < -0.3 is 0 Å². The van der Waals surface area contributed by atoms with Gasteiger partial charge in [0.15, 0.2) is 0 Å². The highest BCUT2D eigenvalue weighted by Crippen LogP contribution is 2.75. The van der Waals surface area contributed by atoms with Gasteiger partial charge >= 0.3 is 0 Å². The van der Waals surface area contributed by atoms with Gasteiger partial charge in [0.2, 0.25) is 0 Å². The molecule has 6 bridgehead atoms. The SMILES string of the molecule is CC1CC(C)CC2CC(C1)C2P(Cc1ccccc1)C12CC3CC(CC(C3)C1)C2. The quantitative estimate of drug-likeness (QED) is 0.441. The van der Waals surface area contributed by atoms with Crippen LogP contribution < -0.4 is 0 Å². The highest BCUT2D eigenvalue weighted by molar-refractivity contribution is 7.59. The van der Waals surface area contributed by atoms with Crippen LogP contribution >= 0.6 is 7.92 Å². The molecule has 29 heavy (non-hydrogen) atoms. The molecular weight excluding hydrogens is 367 g/mol. The topological polar surface area (TPSA) is 0 Å². The fraction of sp³-hybridized carbons (Fsp3) is 0.786. The molecule has 7 aliphatic carbocycles. The molecular formula is C28H41P. The molecule has 7 saturated carbocycles. The molecule has 5 atom stereocenters. The fourth-order valence-corrected chi connectivity index (χ4v) is 14.3. The molecule has 1 aromatic rings. The van der Waals surface area contributed by atoms with Crippen LogP contribution in [0.4, 0.5) is 0 Å². The number of hydrogen-bond donors (Lipinski definition) is 0. The van der Waals surface area contributed by atoms with Crippen molar-refractivity contribution in [3.05, 3.63) is 35.9 Å². The highest BCUT2D eigenvalue weighted by atomic mass is 31.1. The van der Waals surface area contributed by atoms with E-state index in [1.807, 2.05) is 0 Å². The van der Waals surface area contributed by atoms with Crippen LogP contribution in [0.3, 0.4) is 0 Å². The van der Waals surface area contributed by atoms with Crippen LogP contribution in [0.15, 0.2) is 30.3 Å². The molecule has 8 rings (SSSR count). The van der Waals surface area contributed by atoms with Gasteiger partial charge in [-0.25, -0.2) is 0 Å². The van der Waals surface area contributed by atoms with Gasteiger partial charge in [0, 0.05) is 0 Å². The van der Waals surface area contributed by atoms with Gasteiger partial charge in [-0.2, -0.15) is 0 Å². The zero-order valence-electron chi connectivity index (χ0n) is 18.7. The van der Waals surface area contributed by atoms with E-state index in [9.17, 15) is 0 Å². The van der Waals surface area contributed by atoms with Crippen LogP contribution in [0, 0.1) is 41.4 Å². The Morgan fingerprint density at radius 3 is 1.83 bits per heavy atom. The lowest BCUT2D eigenvalue weighted by Gasteiger charge is -2.64. The molecule has 158 valence electrons. The molecule has 0 nitrogen and oxygen atoms in total. The predicted octanol–water partition coefficient (Wildman–Crippen LogP) is 8.10. The highest BCUT2D eigenvalue weighted by Gasteiger charge is 2.59. The van der Waals surface area contributed by atoms with Crippen molar-refractivity contribution in [1.29, 1.82) is 0 Å². The van der Waals surface area contributed by atoms with Crippen molar-refractivity contribution >= 4 is 7.92 Å². The minimum absolute atomic E-state index is 0.114. The van der Waals surface area contributed by atoms with Gasteiger partial charge in [-0.05, 0) is 128 Å². The van der Waals surface area contributed by atoms with Crippen LogP contribution in [-0.4, -0.2) is 10.8 Å². The molecule has 7 fully saturated rings. The first-order chi connectivity index (χ1) is 14.1. The zero-order valence-corrected chi connectivity index (χ0v) is 19.6. The van der Waals surface area contributed by atoms with Gasteiger partial charge in [-0.15, -0.1) is 0 Å². The zero-order chi connectivity index (χ0) is 19.6. The van der Waals surface area contributed by atoms with Crippen LogP contribution in [0.1, 0.15) is 83.6 Å². The fourth-order valence-electron chi connectivity index (χ4n) is 9.54. The standard InChI is InChI=1S/C28H41P/c1-19-8-20(2)10-26-14-25(9-19)27(26)29(18-21-6-4-3-5-7-21)28-15-22-11-23(16-28)13-24(12-22)17-28/h3-7,19-20,22-27H,8-18H2,1-2H3. The molecule has 0 spiro atoms. The molecule has 7 aliphatic rings. The third-order valence-corrected chi connectivity index (χ3v) is 14.0. The van der Waals surface area contributed by atoms with E-state index < -0.39 is 0 Å². The number of rotatable bonds is 4. The summed E-state index contributed by atoms with van der Waals surface area (Å²) in [6.45, 7) is 5.13. The summed E-state index contributed by atoms with van der Waals surface area (Å²) in [5.74, 6) is 7.38. The average molecular weight is 409 g/mol. The van der Waals surface area contributed by atoms with E-state index in [1.54, 1.807) is 63.4 Å². The molecule has 1 heteroatoms. The summed E-state index contributed by atoms with van der Waals surface area (Å²) in [7, 11) is 0.114. The van der Waals surface area contributed by atoms with Crippen molar-refractivity contribution in [3.8, 4) is 0 Å². The molecule has 0 heterocycles. The maximum Gasteiger partial charge on any atom is -0.00654 e. The lowest BCUT2D eigenvalue weighted by molar-refractivity contribution is 0.0313. The second-order valence-electron chi connectivity index (χ2n) is 12.4. The normalized spacial score (nSPS) is 49.2. The minimum atomic E-state index is 0.114. The van der Waals surface area contributed by atoms with Crippen LogP contribution in [0.5, 0.6) is 0 Å².